The topological polar surface area (TPSA) is 155 Å². The molecule has 236 valence electrons. The number of aromatic nitrogens is 2. The summed E-state index contributed by atoms with van der Waals surface area (Å²) in [6, 6.07) is 1.28. The van der Waals surface area contributed by atoms with Gasteiger partial charge in [0.1, 0.15) is 16.8 Å². The molecule has 1 aromatic heterocycles. The van der Waals surface area contributed by atoms with Crippen LogP contribution >= 0.6 is 11.6 Å². The smallest absolute Gasteiger partial charge is 0.471 e. The van der Waals surface area contributed by atoms with E-state index in [2.05, 4.69) is 25.3 Å². The predicted molar refractivity (Wildman–Crippen MR) is 155 cm³/mol. The lowest BCUT2D eigenvalue weighted by molar-refractivity contribution is -0.174. The highest BCUT2D eigenvalue weighted by molar-refractivity contribution is 7.88. The summed E-state index contributed by atoms with van der Waals surface area (Å²) in [5.41, 5.74) is 1.42. The fourth-order valence-electron chi connectivity index (χ4n) is 5.41. The zero-order valence-electron chi connectivity index (χ0n) is 23.7. The Bertz CT molecular complexity index is 1480. The van der Waals surface area contributed by atoms with Crippen LogP contribution in [0.5, 0.6) is 5.75 Å². The number of fused-ring (bicyclic) bond motifs is 1. The first kappa shape index (κ1) is 32.5. The minimum absolute atomic E-state index is 0.0838. The van der Waals surface area contributed by atoms with Crippen molar-refractivity contribution >= 4 is 56.6 Å². The maximum absolute atomic E-state index is 13.1. The molecular formula is C26H33ClF3N7O5S. The van der Waals surface area contributed by atoms with Gasteiger partial charge in [-0.2, -0.15) is 18.2 Å². The summed E-state index contributed by atoms with van der Waals surface area (Å²) in [4.78, 5) is 34.8. The van der Waals surface area contributed by atoms with Crippen LogP contribution in [0.25, 0.3) is 0 Å². The number of methoxy groups -OCH3 is 1. The number of nitrogens with zero attached hydrogens (tertiary/aromatic N) is 3. The number of carbonyl (C=O) groups excluding carboxylic acids is 2. The predicted octanol–water partition coefficient (Wildman–Crippen LogP) is 3.50. The van der Waals surface area contributed by atoms with Gasteiger partial charge in [0.2, 0.25) is 21.9 Å². The first-order valence-electron chi connectivity index (χ1n) is 13.6. The van der Waals surface area contributed by atoms with E-state index < -0.39 is 34.1 Å². The minimum atomic E-state index is -5.13. The van der Waals surface area contributed by atoms with Gasteiger partial charge in [0, 0.05) is 24.2 Å². The molecule has 1 aliphatic heterocycles. The summed E-state index contributed by atoms with van der Waals surface area (Å²) in [6.45, 7) is 1.82. The van der Waals surface area contributed by atoms with Crippen LogP contribution in [0, 0.1) is 0 Å². The first-order valence-corrected chi connectivity index (χ1v) is 15.9. The Morgan fingerprint density at radius 3 is 2.51 bits per heavy atom. The van der Waals surface area contributed by atoms with Crippen LogP contribution in [0.1, 0.15) is 44.6 Å². The number of likely N-dealkylation sites (N-methyl/N-ethyl adjacent to an activating group) is 1. The monoisotopic (exact) mass is 647 g/mol. The molecule has 0 spiro atoms. The lowest BCUT2D eigenvalue weighted by Crippen LogP contribution is -2.51. The van der Waals surface area contributed by atoms with Crippen LogP contribution in [0.4, 0.5) is 36.3 Å². The van der Waals surface area contributed by atoms with E-state index in [1.54, 1.807) is 19.1 Å². The largest absolute Gasteiger partial charge is 0.494 e. The molecule has 1 aromatic carbocycles. The second kappa shape index (κ2) is 13.1. The molecule has 2 heterocycles. The van der Waals surface area contributed by atoms with E-state index in [-0.39, 0.29) is 42.4 Å². The van der Waals surface area contributed by atoms with Crippen molar-refractivity contribution in [2.24, 2.45) is 0 Å². The van der Waals surface area contributed by atoms with Gasteiger partial charge in [-0.1, -0.05) is 24.4 Å². The first-order chi connectivity index (χ1) is 20.2. The summed E-state index contributed by atoms with van der Waals surface area (Å²) < 4.78 is 70.8. The number of anilines is 4. The second-order valence-corrected chi connectivity index (χ2v) is 12.5. The molecular weight excluding hydrogens is 615 g/mol. The molecule has 12 nitrogen and oxygen atoms in total. The summed E-state index contributed by atoms with van der Waals surface area (Å²) in [6.07, 6.45) is 0.558. The molecule has 3 atom stereocenters. The van der Waals surface area contributed by atoms with Crippen LogP contribution in [0.3, 0.4) is 0 Å². The summed E-state index contributed by atoms with van der Waals surface area (Å²) in [7, 11) is -2.01. The van der Waals surface area contributed by atoms with Gasteiger partial charge in [0.05, 0.1) is 30.9 Å². The molecule has 4 N–H and O–H groups in total. The van der Waals surface area contributed by atoms with Gasteiger partial charge in [-0.15, -0.1) is 0 Å². The van der Waals surface area contributed by atoms with Crippen molar-refractivity contribution in [1.29, 1.82) is 0 Å². The molecule has 1 aliphatic carbocycles. The van der Waals surface area contributed by atoms with Gasteiger partial charge in [0.15, 0.2) is 5.82 Å². The number of nitrogens with one attached hydrogen (secondary N) is 4. The lowest BCUT2D eigenvalue weighted by atomic mass is 9.91. The van der Waals surface area contributed by atoms with E-state index in [4.69, 9.17) is 16.3 Å². The van der Waals surface area contributed by atoms with E-state index in [1.165, 1.54) is 18.2 Å². The standard InChI is InChI=1S/C26H33ClF3N7O5S/c1-4-37-20-12-11-18(21(42-2)14(20)9-10-19(23(37)38)33-24(39)26(28,29)30)34-25-31-13-15(27)22(35-25)32-16-7-5-6-8-17(16)36-43(3,40)41/h11-13,16-17,19,36H,4-10H2,1-3H3,(H,33,39)(H2,31,32,34,35)/t16-,17-,19?/m1/s1. The van der Waals surface area contributed by atoms with Crippen LogP contribution < -0.4 is 30.3 Å². The molecule has 1 fully saturated rings. The van der Waals surface area contributed by atoms with Crippen molar-refractivity contribution in [3.63, 3.8) is 0 Å². The average molecular weight is 648 g/mol. The molecule has 43 heavy (non-hydrogen) atoms. The van der Waals surface area contributed by atoms with Crippen molar-refractivity contribution in [1.82, 2.24) is 20.0 Å². The van der Waals surface area contributed by atoms with Gasteiger partial charge < -0.3 is 25.6 Å². The van der Waals surface area contributed by atoms with E-state index in [0.29, 0.717) is 41.3 Å². The Balaban J connectivity index is 1.60. The van der Waals surface area contributed by atoms with E-state index in [9.17, 15) is 31.2 Å². The number of amides is 2. The number of hydrogen-bond acceptors (Lipinski definition) is 9. The molecule has 2 amide bonds. The minimum Gasteiger partial charge on any atom is -0.494 e. The Morgan fingerprint density at radius 1 is 1.19 bits per heavy atom. The third-order valence-corrected chi connectivity index (χ3v) is 8.31. The number of carbonyl (C=O) groups is 2. The van der Waals surface area contributed by atoms with Crippen LogP contribution in [-0.4, -0.2) is 74.4 Å². The summed E-state index contributed by atoms with van der Waals surface area (Å²) >= 11 is 6.38. The molecule has 1 saturated carbocycles. The van der Waals surface area contributed by atoms with E-state index in [1.807, 2.05) is 5.32 Å². The van der Waals surface area contributed by atoms with Crippen molar-refractivity contribution in [2.45, 2.75) is 69.8 Å². The highest BCUT2D eigenvalue weighted by Gasteiger charge is 2.42. The highest BCUT2D eigenvalue weighted by atomic mass is 35.5. The number of alkyl halides is 3. The van der Waals surface area contributed by atoms with E-state index >= 15 is 0 Å². The van der Waals surface area contributed by atoms with Crippen molar-refractivity contribution in [3.05, 3.63) is 28.9 Å². The van der Waals surface area contributed by atoms with Gasteiger partial charge in [0.25, 0.3) is 0 Å². The molecule has 1 unspecified atom stereocenters. The highest BCUT2D eigenvalue weighted by Crippen LogP contribution is 2.40. The molecule has 2 aliphatic rings. The van der Waals surface area contributed by atoms with E-state index in [0.717, 1.165) is 19.1 Å². The zero-order valence-corrected chi connectivity index (χ0v) is 25.3. The Kier molecular flexibility index (Phi) is 9.91. The summed E-state index contributed by atoms with van der Waals surface area (Å²) in [5.74, 6) is -2.08. The van der Waals surface area contributed by atoms with Gasteiger partial charge in [-0.05, 0) is 44.7 Å². The Morgan fingerprint density at radius 2 is 1.88 bits per heavy atom. The number of sulfonamides is 1. The third kappa shape index (κ3) is 7.78. The Labute approximate surface area is 252 Å². The zero-order chi connectivity index (χ0) is 31.5. The number of rotatable bonds is 9. The molecule has 17 heteroatoms. The summed E-state index contributed by atoms with van der Waals surface area (Å²) in [5, 5.41) is 8.36. The number of halogens is 4. The van der Waals surface area contributed by atoms with Crippen molar-refractivity contribution < 1.29 is 35.9 Å². The van der Waals surface area contributed by atoms with Crippen LogP contribution in [0.2, 0.25) is 5.02 Å². The van der Waals surface area contributed by atoms with Gasteiger partial charge in [-0.3, -0.25) is 9.59 Å². The fourth-order valence-corrected chi connectivity index (χ4v) is 6.38. The molecule has 0 bridgehead atoms. The molecule has 0 saturated heterocycles. The normalized spacial score (nSPS) is 21.0. The number of ether oxygens (including phenoxy) is 1. The quantitative estimate of drug-likeness (QED) is 0.320. The lowest BCUT2D eigenvalue weighted by Gasteiger charge is -2.32. The van der Waals surface area contributed by atoms with Crippen molar-refractivity contribution in [3.8, 4) is 5.75 Å². The Hall–Kier alpha value is -3.37. The molecule has 4 rings (SSSR count). The second-order valence-electron chi connectivity index (χ2n) is 10.3. The maximum Gasteiger partial charge on any atom is 0.471 e. The van der Waals surface area contributed by atoms with Gasteiger partial charge >= 0.3 is 12.1 Å². The SMILES string of the molecule is CCN1C(=O)C(NC(=O)C(F)(F)F)CCc2c1ccc(Nc1ncc(Cl)c(N[C@@H]3CCCC[C@H]3NS(C)(=O)=O)n1)c2OC. The molecule has 0 radical (unpaired) electrons. The average Bonchev–Trinajstić information content (AvgIpc) is 3.06. The molecule has 2 aromatic rings. The fraction of sp³-hybridized carbons (Fsp3) is 0.538. The van der Waals surface area contributed by atoms with Crippen LogP contribution in [-0.2, 0) is 26.0 Å². The van der Waals surface area contributed by atoms with Crippen molar-refractivity contribution in [2.75, 3.05) is 35.4 Å². The number of benzene rings is 1. The van der Waals surface area contributed by atoms with Gasteiger partial charge in [-0.25, -0.2) is 18.1 Å². The number of hydrogen-bond donors (Lipinski definition) is 4. The van der Waals surface area contributed by atoms with Crippen LogP contribution in [0.15, 0.2) is 18.3 Å². The third-order valence-electron chi connectivity index (χ3n) is 7.30. The maximum atomic E-state index is 13.1.